The van der Waals surface area contributed by atoms with Gasteiger partial charge in [0.15, 0.2) is 5.96 Å². The highest BCUT2D eigenvalue weighted by molar-refractivity contribution is 14.0. The van der Waals surface area contributed by atoms with Gasteiger partial charge in [-0.1, -0.05) is 24.3 Å². The molecule has 0 unspecified atom stereocenters. The molecule has 5 nitrogen and oxygen atoms in total. The van der Waals surface area contributed by atoms with E-state index in [2.05, 4.69) is 46.8 Å². The average Bonchev–Trinajstić information content (AvgIpc) is 2.63. The number of aliphatic imine (C=N–C) groups is 1. The lowest BCUT2D eigenvalue weighted by Gasteiger charge is -2.15. The van der Waals surface area contributed by atoms with Crippen molar-refractivity contribution in [2.24, 2.45) is 4.99 Å². The molecule has 0 aliphatic heterocycles. The van der Waals surface area contributed by atoms with Crippen molar-refractivity contribution in [1.29, 1.82) is 0 Å². The molecule has 142 valence electrons. The minimum Gasteiger partial charge on any atom is -0.497 e. The molecule has 0 aliphatic carbocycles. The number of rotatable bonds is 7. The third-order valence-electron chi connectivity index (χ3n) is 3.79. The molecule has 2 rings (SSSR count). The number of hydrogen-bond donors (Lipinski definition) is 2. The van der Waals surface area contributed by atoms with E-state index in [0.717, 1.165) is 28.6 Å². The van der Waals surface area contributed by atoms with Gasteiger partial charge in [-0.2, -0.15) is 0 Å². The van der Waals surface area contributed by atoms with Crippen LogP contribution in [-0.2, 0) is 13.1 Å². The van der Waals surface area contributed by atoms with Crippen LogP contribution in [0.4, 0.5) is 0 Å². The molecule has 0 saturated heterocycles. The van der Waals surface area contributed by atoms with Crippen molar-refractivity contribution < 1.29 is 9.47 Å². The van der Waals surface area contributed by atoms with Crippen LogP contribution >= 0.6 is 24.0 Å². The number of halogens is 1. The molecule has 0 radical (unpaired) electrons. The predicted octanol–water partition coefficient (Wildman–Crippen LogP) is 3.89. The molecule has 6 heteroatoms. The fourth-order valence-electron chi connectivity index (χ4n) is 2.47. The maximum Gasteiger partial charge on any atom is 0.191 e. The van der Waals surface area contributed by atoms with Crippen LogP contribution in [0.2, 0.25) is 0 Å². The summed E-state index contributed by atoms with van der Waals surface area (Å²) in [7, 11) is 3.43. The van der Waals surface area contributed by atoms with Crippen LogP contribution in [0.5, 0.6) is 11.5 Å². The largest absolute Gasteiger partial charge is 0.497 e. The van der Waals surface area contributed by atoms with Gasteiger partial charge in [-0.05, 0) is 43.2 Å². The van der Waals surface area contributed by atoms with Crippen LogP contribution in [-0.4, -0.2) is 26.7 Å². The monoisotopic (exact) mass is 469 g/mol. The first-order valence-corrected chi connectivity index (χ1v) is 8.46. The van der Waals surface area contributed by atoms with Gasteiger partial charge in [0.1, 0.15) is 11.5 Å². The van der Waals surface area contributed by atoms with E-state index in [-0.39, 0.29) is 24.0 Å². The van der Waals surface area contributed by atoms with Crippen molar-refractivity contribution in [2.45, 2.75) is 26.9 Å². The summed E-state index contributed by atoms with van der Waals surface area (Å²) >= 11 is 0. The highest BCUT2D eigenvalue weighted by atomic mass is 127. The minimum atomic E-state index is 0. The number of hydrogen-bond acceptors (Lipinski definition) is 3. The Kier molecular flexibility index (Phi) is 9.87. The summed E-state index contributed by atoms with van der Waals surface area (Å²) in [5.41, 5.74) is 3.43. The molecule has 0 amide bonds. The van der Waals surface area contributed by atoms with E-state index in [0.29, 0.717) is 19.7 Å². The standard InChI is InChI=1S/C20H27N3O2.HI/c1-5-25-19-11-15(2)9-10-17(19)14-23-20(21-3)22-13-16-7-6-8-18(12-16)24-4;/h6-12H,5,13-14H2,1-4H3,(H2,21,22,23);1H. The van der Waals surface area contributed by atoms with E-state index in [4.69, 9.17) is 9.47 Å². The zero-order valence-electron chi connectivity index (χ0n) is 15.8. The summed E-state index contributed by atoms with van der Waals surface area (Å²) in [6.45, 7) is 6.03. The normalized spacial score (nSPS) is 10.7. The molecule has 0 aliphatic rings. The highest BCUT2D eigenvalue weighted by Crippen LogP contribution is 2.20. The van der Waals surface area contributed by atoms with Gasteiger partial charge >= 0.3 is 0 Å². The molecule has 0 fully saturated rings. The van der Waals surface area contributed by atoms with Crippen LogP contribution in [0.15, 0.2) is 47.5 Å². The molecule has 0 atom stereocenters. The second-order valence-electron chi connectivity index (χ2n) is 5.68. The summed E-state index contributed by atoms with van der Waals surface area (Å²) in [5.74, 6) is 2.51. The lowest BCUT2D eigenvalue weighted by Crippen LogP contribution is -2.36. The quantitative estimate of drug-likeness (QED) is 0.367. The van der Waals surface area contributed by atoms with Crippen molar-refractivity contribution >= 4 is 29.9 Å². The second kappa shape index (κ2) is 11.6. The number of methoxy groups -OCH3 is 1. The molecular formula is C20H28IN3O2. The van der Waals surface area contributed by atoms with E-state index in [1.807, 2.05) is 25.1 Å². The number of nitrogens with zero attached hydrogens (tertiary/aromatic N) is 1. The first-order valence-electron chi connectivity index (χ1n) is 8.46. The summed E-state index contributed by atoms with van der Waals surface area (Å²) in [6.07, 6.45) is 0. The molecule has 26 heavy (non-hydrogen) atoms. The lowest BCUT2D eigenvalue weighted by molar-refractivity contribution is 0.336. The van der Waals surface area contributed by atoms with Gasteiger partial charge in [0.25, 0.3) is 0 Å². The number of benzene rings is 2. The van der Waals surface area contributed by atoms with Gasteiger partial charge in [0.05, 0.1) is 13.7 Å². The van der Waals surface area contributed by atoms with E-state index in [1.165, 1.54) is 5.56 Å². The molecule has 0 heterocycles. The van der Waals surface area contributed by atoms with Gasteiger partial charge in [-0.15, -0.1) is 24.0 Å². The molecular weight excluding hydrogens is 441 g/mol. The Morgan fingerprint density at radius 1 is 1.08 bits per heavy atom. The summed E-state index contributed by atoms with van der Waals surface area (Å²) in [5, 5.41) is 6.64. The third kappa shape index (κ3) is 6.74. The van der Waals surface area contributed by atoms with Gasteiger partial charge in [0, 0.05) is 25.7 Å². The van der Waals surface area contributed by atoms with Crippen LogP contribution < -0.4 is 20.1 Å². The molecule has 0 saturated carbocycles. The zero-order valence-corrected chi connectivity index (χ0v) is 18.2. The Balaban J connectivity index is 0.00000338. The number of guanidine groups is 1. The lowest BCUT2D eigenvalue weighted by atomic mass is 10.1. The predicted molar refractivity (Wildman–Crippen MR) is 118 cm³/mol. The third-order valence-corrected chi connectivity index (χ3v) is 3.79. The van der Waals surface area contributed by atoms with Gasteiger partial charge in [-0.25, -0.2) is 0 Å². The molecule has 2 aromatic carbocycles. The molecule has 0 spiro atoms. The maximum atomic E-state index is 5.72. The smallest absolute Gasteiger partial charge is 0.191 e. The minimum absolute atomic E-state index is 0. The summed E-state index contributed by atoms with van der Waals surface area (Å²) in [4.78, 5) is 4.28. The molecule has 2 N–H and O–H groups in total. The van der Waals surface area contributed by atoms with Gasteiger partial charge in [0.2, 0.25) is 0 Å². The fourth-order valence-corrected chi connectivity index (χ4v) is 2.47. The Morgan fingerprint density at radius 2 is 1.85 bits per heavy atom. The van der Waals surface area contributed by atoms with Crippen molar-refractivity contribution in [1.82, 2.24) is 10.6 Å². The summed E-state index contributed by atoms with van der Waals surface area (Å²) < 4.78 is 11.0. The van der Waals surface area contributed by atoms with Crippen molar-refractivity contribution in [3.05, 3.63) is 59.2 Å². The first kappa shape index (κ1) is 22.1. The Labute approximate surface area is 173 Å². The Morgan fingerprint density at radius 3 is 2.54 bits per heavy atom. The van der Waals surface area contributed by atoms with Crippen molar-refractivity contribution in [3.63, 3.8) is 0 Å². The van der Waals surface area contributed by atoms with E-state index < -0.39 is 0 Å². The number of aryl methyl sites for hydroxylation is 1. The Hall–Kier alpha value is -1.96. The Bertz CT molecular complexity index is 720. The zero-order chi connectivity index (χ0) is 18.1. The van der Waals surface area contributed by atoms with E-state index >= 15 is 0 Å². The molecule has 0 bridgehead atoms. The SMILES string of the molecule is CCOc1cc(C)ccc1CNC(=NC)NCc1cccc(OC)c1.I. The first-order chi connectivity index (χ1) is 12.2. The maximum absolute atomic E-state index is 5.72. The summed E-state index contributed by atoms with van der Waals surface area (Å²) in [6, 6.07) is 14.2. The average molecular weight is 469 g/mol. The van der Waals surface area contributed by atoms with Crippen LogP contribution in [0.1, 0.15) is 23.6 Å². The molecule has 0 aromatic heterocycles. The number of nitrogens with one attached hydrogen (secondary N) is 2. The second-order valence-corrected chi connectivity index (χ2v) is 5.68. The van der Waals surface area contributed by atoms with E-state index in [1.54, 1.807) is 14.2 Å². The van der Waals surface area contributed by atoms with Gasteiger partial charge < -0.3 is 20.1 Å². The fraction of sp³-hybridized carbons (Fsp3) is 0.350. The van der Waals surface area contributed by atoms with E-state index in [9.17, 15) is 0 Å². The van der Waals surface area contributed by atoms with Crippen LogP contribution in [0.3, 0.4) is 0 Å². The van der Waals surface area contributed by atoms with Crippen LogP contribution in [0, 0.1) is 6.92 Å². The van der Waals surface area contributed by atoms with Gasteiger partial charge in [-0.3, -0.25) is 4.99 Å². The topological polar surface area (TPSA) is 54.9 Å². The van der Waals surface area contributed by atoms with Crippen molar-refractivity contribution in [2.75, 3.05) is 20.8 Å². The number of ether oxygens (including phenoxy) is 2. The van der Waals surface area contributed by atoms with Crippen molar-refractivity contribution in [3.8, 4) is 11.5 Å². The molecule has 2 aromatic rings. The highest BCUT2D eigenvalue weighted by Gasteiger charge is 2.06. The van der Waals surface area contributed by atoms with Crippen LogP contribution in [0.25, 0.3) is 0 Å².